The summed E-state index contributed by atoms with van der Waals surface area (Å²) in [6.45, 7) is 5.38. The standard InChI is InChI=1S/C15H21Cl2N3S/c1-9(2)5-10(8-19(3)4)20-14-7-12(17)11(16)6-13(14)18-15(20)21/h6-7,9-10H,5,8H2,1-4H3,(H,18,21). The van der Waals surface area contributed by atoms with Gasteiger partial charge < -0.3 is 14.5 Å². The van der Waals surface area contributed by atoms with Gasteiger partial charge in [0.2, 0.25) is 0 Å². The summed E-state index contributed by atoms with van der Waals surface area (Å²) in [6.07, 6.45) is 1.06. The van der Waals surface area contributed by atoms with Gasteiger partial charge in [0.25, 0.3) is 0 Å². The molecule has 0 aliphatic heterocycles. The number of likely N-dealkylation sites (N-methyl/N-ethyl adjacent to an activating group) is 1. The van der Waals surface area contributed by atoms with Gasteiger partial charge >= 0.3 is 0 Å². The van der Waals surface area contributed by atoms with Gasteiger partial charge in [-0.1, -0.05) is 37.0 Å². The minimum absolute atomic E-state index is 0.304. The van der Waals surface area contributed by atoms with Gasteiger partial charge in [-0.05, 0) is 50.8 Å². The Kier molecular flexibility index (Phi) is 5.36. The molecular weight excluding hydrogens is 325 g/mol. The van der Waals surface area contributed by atoms with E-state index < -0.39 is 0 Å². The highest BCUT2D eigenvalue weighted by atomic mass is 35.5. The van der Waals surface area contributed by atoms with Crippen LogP contribution in [0.5, 0.6) is 0 Å². The molecule has 1 unspecified atom stereocenters. The van der Waals surface area contributed by atoms with E-state index in [1.165, 1.54) is 0 Å². The summed E-state index contributed by atoms with van der Waals surface area (Å²) in [5.41, 5.74) is 1.95. The lowest BCUT2D eigenvalue weighted by Gasteiger charge is -2.25. The second-order valence-electron chi connectivity index (χ2n) is 6.13. The number of nitrogens with zero attached hydrogens (tertiary/aromatic N) is 2. The Morgan fingerprint density at radius 2 is 1.86 bits per heavy atom. The van der Waals surface area contributed by atoms with Gasteiger partial charge in [0.1, 0.15) is 0 Å². The first-order valence-electron chi connectivity index (χ1n) is 7.03. The number of hydrogen-bond acceptors (Lipinski definition) is 2. The Hall–Kier alpha value is -0.550. The molecule has 0 amide bonds. The van der Waals surface area contributed by atoms with Gasteiger partial charge in [-0.25, -0.2) is 0 Å². The van der Waals surface area contributed by atoms with Gasteiger partial charge in [-0.2, -0.15) is 0 Å². The fourth-order valence-electron chi connectivity index (χ4n) is 2.71. The molecule has 0 saturated heterocycles. The van der Waals surface area contributed by atoms with Crippen molar-refractivity contribution >= 4 is 46.5 Å². The monoisotopic (exact) mass is 345 g/mol. The molecular formula is C15H21Cl2N3S. The highest BCUT2D eigenvalue weighted by Crippen LogP contribution is 2.31. The number of rotatable bonds is 5. The number of hydrogen-bond donors (Lipinski definition) is 1. The van der Waals surface area contributed by atoms with E-state index in [0.717, 1.165) is 28.8 Å². The van der Waals surface area contributed by atoms with E-state index in [9.17, 15) is 0 Å². The van der Waals surface area contributed by atoms with Crippen LogP contribution in [0.25, 0.3) is 11.0 Å². The molecule has 0 aliphatic carbocycles. The number of aromatic amines is 1. The Bertz CT molecular complexity index is 678. The quantitative estimate of drug-likeness (QED) is 0.757. The summed E-state index contributed by atoms with van der Waals surface area (Å²) in [5.74, 6) is 0.588. The molecule has 1 aromatic carbocycles. The fraction of sp³-hybridized carbons (Fsp3) is 0.533. The number of nitrogens with one attached hydrogen (secondary N) is 1. The van der Waals surface area contributed by atoms with Crippen molar-refractivity contribution in [2.45, 2.75) is 26.3 Å². The van der Waals surface area contributed by atoms with Crippen molar-refractivity contribution < 1.29 is 0 Å². The lowest BCUT2D eigenvalue weighted by molar-refractivity contribution is 0.291. The summed E-state index contributed by atoms with van der Waals surface area (Å²) in [5, 5.41) is 1.10. The first kappa shape index (κ1) is 16.8. The van der Waals surface area contributed by atoms with E-state index in [2.05, 4.69) is 42.4 Å². The molecule has 2 aromatic rings. The third kappa shape index (κ3) is 3.81. The van der Waals surface area contributed by atoms with Crippen LogP contribution in [0.1, 0.15) is 26.3 Å². The van der Waals surface area contributed by atoms with Crippen LogP contribution < -0.4 is 0 Å². The maximum absolute atomic E-state index is 6.18. The van der Waals surface area contributed by atoms with Crippen LogP contribution in [-0.2, 0) is 0 Å². The number of halogens is 2. The van der Waals surface area contributed by atoms with Crippen molar-refractivity contribution in [3.8, 4) is 0 Å². The summed E-state index contributed by atoms with van der Waals surface area (Å²) >= 11 is 17.8. The van der Waals surface area contributed by atoms with Crippen molar-refractivity contribution in [3.05, 3.63) is 26.9 Å². The van der Waals surface area contributed by atoms with Crippen LogP contribution >= 0.6 is 35.4 Å². The number of H-pyrrole nitrogens is 1. The molecule has 0 fully saturated rings. The van der Waals surface area contributed by atoms with Gasteiger partial charge in [-0.15, -0.1) is 0 Å². The average molecular weight is 346 g/mol. The average Bonchev–Trinajstić information content (AvgIpc) is 2.63. The molecule has 116 valence electrons. The lowest BCUT2D eigenvalue weighted by Crippen LogP contribution is -2.25. The maximum atomic E-state index is 6.18. The van der Waals surface area contributed by atoms with E-state index in [0.29, 0.717) is 22.0 Å². The molecule has 2 rings (SSSR count). The minimum atomic E-state index is 0.304. The zero-order chi connectivity index (χ0) is 15.7. The molecule has 21 heavy (non-hydrogen) atoms. The second-order valence-corrected chi connectivity index (χ2v) is 7.33. The molecule has 1 atom stereocenters. The molecule has 1 N–H and O–H groups in total. The van der Waals surface area contributed by atoms with Crippen LogP contribution in [0.4, 0.5) is 0 Å². The fourth-order valence-corrected chi connectivity index (χ4v) is 3.39. The molecule has 1 heterocycles. The molecule has 0 saturated carbocycles. The Labute approximate surface area is 140 Å². The number of benzene rings is 1. The predicted octanol–water partition coefficient (Wildman–Crippen LogP) is 5.15. The predicted molar refractivity (Wildman–Crippen MR) is 94.2 cm³/mol. The molecule has 6 heteroatoms. The Balaban J connectivity index is 2.58. The number of fused-ring (bicyclic) bond motifs is 1. The summed E-state index contributed by atoms with van der Waals surface area (Å²) in [4.78, 5) is 5.42. The maximum Gasteiger partial charge on any atom is 0.178 e. The van der Waals surface area contributed by atoms with Crippen molar-refractivity contribution in [1.29, 1.82) is 0 Å². The smallest absolute Gasteiger partial charge is 0.178 e. The molecule has 0 bridgehead atoms. The normalized spacial score (nSPS) is 13.5. The Morgan fingerprint density at radius 3 is 2.43 bits per heavy atom. The number of imidazole rings is 1. The number of aromatic nitrogens is 2. The van der Waals surface area contributed by atoms with Gasteiger partial charge in [-0.3, -0.25) is 0 Å². The van der Waals surface area contributed by atoms with E-state index in [4.69, 9.17) is 35.4 Å². The van der Waals surface area contributed by atoms with Crippen LogP contribution in [0.3, 0.4) is 0 Å². The minimum Gasteiger partial charge on any atom is -0.331 e. The van der Waals surface area contributed by atoms with Crippen LogP contribution in [-0.4, -0.2) is 35.1 Å². The van der Waals surface area contributed by atoms with Crippen molar-refractivity contribution in [3.63, 3.8) is 0 Å². The first-order chi connectivity index (χ1) is 9.79. The van der Waals surface area contributed by atoms with Gasteiger partial charge in [0, 0.05) is 12.6 Å². The van der Waals surface area contributed by atoms with E-state index in [1.807, 2.05) is 12.1 Å². The van der Waals surface area contributed by atoms with Crippen LogP contribution in [0, 0.1) is 10.7 Å². The zero-order valence-corrected chi connectivity index (χ0v) is 15.1. The Morgan fingerprint density at radius 1 is 1.24 bits per heavy atom. The van der Waals surface area contributed by atoms with E-state index in [-0.39, 0.29) is 0 Å². The zero-order valence-electron chi connectivity index (χ0n) is 12.8. The topological polar surface area (TPSA) is 24.0 Å². The SMILES string of the molecule is CC(C)CC(CN(C)C)n1c(=S)[nH]c2cc(Cl)c(Cl)cc21. The second kappa shape index (κ2) is 6.69. The van der Waals surface area contributed by atoms with Gasteiger partial charge in [0.15, 0.2) is 4.77 Å². The third-order valence-corrected chi connectivity index (χ3v) is 4.46. The van der Waals surface area contributed by atoms with Crippen molar-refractivity contribution in [2.75, 3.05) is 20.6 Å². The molecule has 0 radical (unpaired) electrons. The summed E-state index contributed by atoms with van der Waals surface area (Å²) in [7, 11) is 4.16. The first-order valence-corrected chi connectivity index (χ1v) is 8.20. The molecule has 3 nitrogen and oxygen atoms in total. The van der Waals surface area contributed by atoms with Crippen molar-refractivity contribution in [1.82, 2.24) is 14.5 Å². The molecule has 1 aromatic heterocycles. The van der Waals surface area contributed by atoms with E-state index in [1.54, 1.807) is 0 Å². The van der Waals surface area contributed by atoms with Crippen LogP contribution in [0.2, 0.25) is 10.0 Å². The molecule has 0 aliphatic rings. The molecule has 0 spiro atoms. The van der Waals surface area contributed by atoms with Crippen LogP contribution in [0.15, 0.2) is 12.1 Å². The highest BCUT2D eigenvalue weighted by molar-refractivity contribution is 7.71. The summed E-state index contributed by atoms with van der Waals surface area (Å²) < 4.78 is 2.89. The van der Waals surface area contributed by atoms with Gasteiger partial charge in [0.05, 0.1) is 21.1 Å². The lowest BCUT2D eigenvalue weighted by atomic mass is 10.0. The largest absolute Gasteiger partial charge is 0.331 e. The van der Waals surface area contributed by atoms with Crippen molar-refractivity contribution in [2.24, 2.45) is 5.92 Å². The third-order valence-electron chi connectivity index (χ3n) is 3.44. The highest BCUT2D eigenvalue weighted by Gasteiger charge is 2.19. The summed E-state index contributed by atoms with van der Waals surface area (Å²) in [6, 6.07) is 4.04. The van der Waals surface area contributed by atoms with E-state index >= 15 is 0 Å².